The fourth-order valence-corrected chi connectivity index (χ4v) is 4.35. The number of esters is 1. The van der Waals surface area contributed by atoms with Gasteiger partial charge < -0.3 is 20.1 Å². The van der Waals surface area contributed by atoms with E-state index in [1.54, 1.807) is 31.2 Å². The number of rotatable bonds is 7. The number of amides is 1. The van der Waals surface area contributed by atoms with Crippen LogP contribution >= 0.6 is 11.8 Å². The van der Waals surface area contributed by atoms with E-state index in [-0.39, 0.29) is 27.1 Å². The Kier molecular flexibility index (Phi) is 7.11. The molecule has 0 fully saturated rings. The highest BCUT2D eigenvalue weighted by molar-refractivity contribution is 8.20. The van der Waals surface area contributed by atoms with E-state index in [0.717, 1.165) is 0 Å². The zero-order valence-electron chi connectivity index (χ0n) is 15.6. The lowest BCUT2D eigenvalue weighted by Gasteiger charge is -2.12. The lowest BCUT2D eigenvalue weighted by Crippen LogP contribution is -2.26. The number of ether oxygens (including phenoxy) is 2. The van der Waals surface area contributed by atoms with Crippen molar-refractivity contribution >= 4 is 39.3 Å². The summed E-state index contributed by atoms with van der Waals surface area (Å²) in [4.78, 5) is 25.1. The van der Waals surface area contributed by atoms with Crippen LogP contribution in [0.3, 0.4) is 0 Å². The van der Waals surface area contributed by atoms with Crippen molar-refractivity contribution in [3.63, 3.8) is 0 Å². The van der Waals surface area contributed by atoms with E-state index >= 15 is 0 Å². The molecule has 1 aromatic carbocycles. The van der Waals surface area contributed by atoms with Crippen LogP contribution in [0.2, 0.25) is 0 Å². The Morgan fingerprint density at radius 2 is 1.82 bits per heavy atom. The summed E-state index contributed by atoms with van der Waals surface area (Å²) in [7, 11) is -4.00. The van der Waals surface area contributed by atoms with Gasteiger partial charge in [-0.3, -0.25) is 4.79 Å². The molecule has 0 bridgehead atoms. The molecule has 11 heteroatoms. The molecule has 0 aliphatic carbocycles. The fourth-order valence-electron chi connectivity index (χ4n) is 2.29. The summed E-state index contributed by atoms with van der Waals surface area (Å²) in [6, 6.07) is 6.57. The maximum absolute atomic E-state index is 12.7. The maximum Gasteiger partial charge on any atom is 0.346 e. The first-order chi connectivity index (χ1) is 13.2. The van der Waals surface area contributed by atoms with E-state index in [4.69, 9.17) is 14.6 Å². The van der Waals surface area contributed by atoms with Crippen molar-refractivity contribution in [3.8, 4) is 5.75 Å². The van der Waals surface area contributed by atoms with Crippen LogP contribution < -0.4 is 20.5 Å². The molecular weight excluding hydrogens is 406 g/mol. The molecule has 0 aromatic heterocycles. The van der Waals surface area contributed by atoms with Crippen LogP contribution in [0.15, 0.2) is 44.8 Å². The Bertz CT molecular complexity index is 936. The molecule has 0 saturated carbocycles. The highest BCUT2D eigenvalue weighted by atomic mass is 32.3. The SMILES string of the molecule is CCOC(=O)/C(C(=O)Nc1ccc(OCC)cc1)=C1\NC(C)=C(S(N)(=O)=O)S1. The van der Waals surface area contributed by atoms with Gasteiger partial charge in [-0.25, -0.2) is 18.4 Å². The lowest BCUT2D eigenvalue weighted by atomic mass is 10.2. The molecule has 1 heterocycles. The van der Waals surface area contributed by atoms with Crippen molar-refractivity contribution in [3.05, 3.63) is 44.8 Å². The Labute approximate surface area is 167 Å². The Hall–Kier alpha value is -2.50. The lowest BCUT2D eigenvalue weighted by molar-refractivity contribution is -0.139. The largest absolute Gasteiger partial charge is 0.494 e. The minimum absolute atomic E-state index is 0.0309. The van der Waals surface area contributed by atoms with Gasteiger partial charge in [0, 0.05) is 11.4 Å². The molecule has 2 rings (SSSR count). The molecule has 0 unspecified atom stereocenters. The average Bonchev–Trinajstić information content (AvgIpc) is 2.99. The normalized spacial score (nSPS) is 15.7. The summed E-state index contributed by atoms with van der Waals surface area (Å²) in [5, 5.41) is 10.5. The first-order valence-corrected chi connectivity index (χ1v) is 10.7. The molecule has 0 spiro atoms. The summed E-state index contributed by atoms with van der Waals surface area (Å²) in [5.74, 6) is -0.999. The second kappa shape index (κ2) is 9.13. The van der Waals surface area contributed by atoms with Crippen molar-refractivity contribution < 1.29 is 27.5 Å². The van der Waals surface area contributed by atoms with Crippen LogP contribution in [0.5, 0.6) is 5.75 Å². The van der Waals surface area contributed by atoms with Crippen molar-refractivity contribution in [1.82, 2.24) is 5.32 Å². The number of hydrogen-bond acceptors (Lipinski definition) is 8. The van der Waals surface area contributed by atoms with Crippen molar-refractivity contribution in [2.75, 3.05) is 18.5 Å². The van der Waals surface area contributed by atoms with Crippen molar-refractivity contribution in [2.45, 2.75) is 20.8 Å². The number of nitrogens with two attached hydrogens (primary N) is 1. The first kappa shape index (κ1) is 21.8. The molecular formula is C17H21N3O6S2. The molecule has 1 aromatic rings. The molecule has 4 N–H and O–H groups in total. The highest BCUT2D eigenvalue weighted by Gasteiger charge is 2.33. The van der Waals surface area contributed by atoms with Crippen molar-refractivity contribution in [1.29, 1.82) is 0 Å². The summed E-state index contributed by atoms with van der Waals surface area (Å²) < 4.78 is 33.4. The second-order valence-electron chi connectivity index (χ2n) is 5.52. The number of thioether (sulfide) groups is 1. The fraction of sp³-hybridized carbons (Fsp3) is 0.294. The molecule has 0 saturated heterocycles. The smallest absolute Gasteiger partial charge is 0.346 e. The Balaban J connectivity index is 2.31. The first-order valence-electron chi connectivity index (χ1n) is 8.31. The van der Waals surface area contributed by atoms with Gasteiger partial charge in [-0.1, -0.05) is 11.8 Å². The number of anilines is 1. The molecule has 9 nitrogen and oxygen atoms in total. The third-order valence-corrected chi connectivity index (χ3v) is 6.19. The van der Waals surface area contributed by atoms with E-state index in [1.165, 1.54) is 6.92 Å². The average molecular weight is 428 g/mol. The highest BCUT2D eigenvalue weighted by Crippen LogP contribution is 2.37. The van der Waals surface area contributed by atoms with Crippen LogP contribution in [0, 0.1) is 0 Å². The zero-order valence-corrected chi connectivity index (χ0v) is 17.2. The van der Waals surface area contributed by atoms with Crippen molar-refractivity contribution in [2.24, 2.45) is 5.14 Å². The van der Waals surface area contributed by atoms with Crippen LogP contribution in [0.25, 0.3) is 0 Å². The summed E-state index contributed by atoms with van der Waals surface area (Å²) >= 11 is 0.689. The van der Waals surface area contributed by atoms with E-state index < -0.39 is 21.9 Å². The van der Waals surface area contributed by atoms with E-state index in [0.29, 0.717) is 29.8 Å². The summed E-state index contributed by atoms with van der Waals surface area (Å²) in [5.41, 5.74) is 0.298. The van der Waals surface area contributed by atoms with Gasteiger partial charge in [-0.15, -0.1) is 0 Å². The van der Waals surface area contributed by atoms with Crippen LogP contribution in [-0.4, -0.2) is 33.5 Å². The molecule has 152 valence electrons. The molecule has 1 aliphatic heterocycles. The predicted molar refractivity (Wildman–Crippen MR) is 106 cm³/mol. The molecule has 1 aliphatic rings. The number of carbonyl (C=O) groups excluding carboxylic acids is 2. The number of sulfonamides is 1. The van der Waals surface area contributed by atoms with Gasteiger partial charge in [0.2, 0.25) is 10.0 Å². The number of allylic oxidation sites excluding steroid dienone is 1. The number of nitrogens with one attached hydrogen (secondary N) is 2. The third-order valence-electron chi connectivity index (χ3n) is 3.42. The minimum Gasteiger partial charge on any atom is -0.494 e. The van der Waals surface area contributed by atoms with Gasteiger partial charge in [0.25, 0.3) is 5.91 Å². The topological polar surface area (TPSA) is 137 Å². The Morgan fingerprint density at radius 1 is 1.18 bits per heavy atom. The third kappa shape index (κ3) is 5.27. The van der Waals surface area contributed by atoms with Gasteiger partial charge in [0.1, 0.15) is 9.99 Å². The zero-order chi connectivity index (χ0) is 20.9. The van der Waals surface area contributed by atoms with Crippen LogP contribution in [0.1, 0.15) is 20.8 Å². The molecule has 1 amide bonds. The van der Waals surface area contributed by atoms with Gasteiger partial charge in [-0.2, -0.15) is 0 Å². The van der Waals surface area contributed by atoms with Gasteiger partial charge in [0.05, 0.1) is 18.2 Å². The van der Waals surface area contributed by atoms with E-state index in [9.17, 15) is 18.0 Å². The quantitative estimate of drug-likeness (QED) is 0.258. The maximum atomic E-state index is 12.7. The molecule has 0 atom stereocenters. The predicted octanol–water partition coefficient (Wildman–Crippen LogP) is 1.61. The monoisotopic (exact) mass is 427 g/mol. The van der Waals surface area contributed by atoms with Crippen LogP contribution in [-0.2, 0) is 24.3 Å². The van der Waals surface area contributed by atoms with Crippen LogP contribution in [0.4, 0.5) is 5.69 Å². The van der Waals surface area contributed by atoms with Gasteiger partial charge >= 0.3 is 5.97 Å². The van der Waals surface area contributed by atoms with E-state index in [1.807, 2.05) is 6.92 Å². The summed E-state index contributed by atoms with van der Waals surface area (Å²) in [6.45, 7) is 5.48. The molecule has 28 heavy (non-hydrogen) atoms. The number of benzene rings is 1. The van der Waals surface area contributed by atoms with Gasteiger partial charge in [0.15, 0.2) is 5.57 Å². The minimum atomic E-state index is -4.00. The summed E-state index contributed by atoms with van der Waals surface area (Å²) in [6.07, 6.45) is 0. The number of primary sulfonamides is 1. The molecule has 0 radical (unpaired) electrons. The number of hydrogen-bond donors (Lipinski definition) is 3. The Morgan fingerprint density at radius 3 is 2.32 bits per heavy atom. The van der Waals surface area contributed by atoms with E-state index in [2.05, 4.69) is 10.6 Å². The number of carbonyl (C=O) groups is 2. The van der Waals surface area contributed by atoms with Gasteiger partial charge in [-0.05, 0) is 45.0 Å². The second-order valence-corrected chi connectivity index (χ2v) is 8.30. The standard InChI is InChI=1S/C17H21N3O6S2/c1-4-25-12-8-6-11(7-9-12)20-14(21)13(16(22)26-5-2)15-19-10(3)17(27-15)28(18,23)24/h6-9,19H,4-5H2,1-3H3,(H,20,21)(H2,18,23,24)/b15-13+.